The van der Waals surface area contributed by atoms with Gasteiger partial charge in [0.15, 0.2) is 12.4 Å². The molecule has 0 aliphatic rings. The van der Waals surface area contributed by atoms with E-state index in [4.69, 9.17) is 0 Å². The highest BCUT2D eigenvalue weighted by atomic mass is 14.9. The van der Waals surface area contributed by atoms with Gasteiger partial charge in [0.25, 0.3) is 0 Å². The minimum atomic E-state index is 1.20. The molecule has 0 aliphatic heterocycles. The molecule has 1 aromatic rings. The van der Waals surface area contributed by atoms with E-state index in [2.05, 4.69) is 42.9 Å². The van der Waals surface area contributed by atoms with Crippen molar-refractivity contribution < 1.29 is 4.57 Å². The Labute approximate surface area is 209 Å². The van der Waals surface area contributed by atoms with Crippen molar-refractivity contribution in [2.45, 2.75) is 174 Å². The minimum Gasteiger partial charge on any atom is -0.205 e. The summed E-state index contributed by atoms with van der Waals surface area (Å²) in [7, 11) is 0. The topological polar surface area (TPSA) is 3.88 Å². The molecular weight excluding hydrogens is 398 g/mol. The normalized spacial score (nSPS) is 11.3. The van der Waals surface area contributed by atoms with Gasteiger partial charge in [-0.25, -0.2) is 4.57 Å². The zero-order valence-corrected chi connectivity index (χ0v) is 22.9. The Kier molecular flexibility index (Phi) is 22.2. The predicted octanol–water partition coefficient (Wildman–Crippen LogP) is 10.5. The lowest BCUT2D eigenvalue weighted by atomic mass is 10.0. The summed E-state index contributed by atoms with van der Waals surface area (Å²) in [6.07, 6.45) is 38.8. The Morgan fingerprint density at radius 1 is 0.485 bits per heavy atom. The van der Waals surface area contributed by atoms with Gasteiger partial charge >= 0.3 is 0 Å². The molecule has 0 aliphatic carbocycles. The van der Waals surface area contributed by atoms with Gasteiger partial charge in [0, 0.05) is 18.1 Å². The summed E-state index contributed by atoms with van der Waals surface area (Å²) < 4.78 is 2.43. The first-order chi connectivity index (χ1) is 16.4. The van der Waals surface area contributed by atoms with Crippen molar-refractivity contribution in [2.24, 2.45) is 0 Å². The monoisotopic (exact) mass is 458 g/mol. The van der Waals surface area contributed by atoms with Crippen LogP contribution < -0.4 is 4.57 Å². The maximum absolute atomic E-state index is 2.43. The van der Waals surface area contributed by atoms with E-state index in [9.17, 15) is 0 Å². The van der Waals surface area contributed by atoms with Crippen molar-refractivity contribution >= 4 is 0 Å². The maximum Gasteiger partial charge on any atom is 0.171 e. The highest BCUT2D eigenvalue weighted by molar-refractivity contribution is 5.05. The Morgan fingerprint density at radius 3 is 1.33 bits per heavy atom. The lowest BCUT2D eigenvalue weighted by molar-refractivity contribution is -0.697. The van der Waals surface area contributed by atoms with Crippen LogP contribution in [0.15, 0.2) is 24.5 Å². The Morgan fingerprint density at radius 2 is 0.879 bits per heavy atom. The second-order valence-electron chi connectivity index (χ2n) is 10.6. The van der Waals surface area contributed by atoms with E-state index in [1.807, 2.05) is 0 Å². The molecule has 1 heteroatoms. The van der Waals surface area contributed by atoms with E-state index < -0.39 is 0 Å². The Hall–Kier alpha value is -0.850. The Bertz CT molecular complexity index is 509. The van der Waals surface area contributed by atoms with Gasteiger partial charge in [-0.2, -0.15) is 0 Å². The molecule has 0 saturated carbocycles. The molecule has 1 heterocycles. The minimum absolute atomic E-state index is 1.20. The van der Waals surface area contributed by atoms with Crippen LogP contribution in [0.4, 0.5) is 0 Å². The third-order valence-electron chi connectivity index (χ3n) is 7.26. The molecule has 1 rings (SSSR count). The molecule has 0 fully saturated rings. The molecule has 0 N–H and O–H groups in total. The zero-order valence-electron chi connectivity index (χ0n) is 22.9. The fourth-order valence-electron chi connectivity index (χ4n) is 4.99. The van der Waals surface area contributed by atoms with Crippen molar-refractivity contribution in [3.8, 4) is 0 Å². The highest BCUT2D eigenvalue weighted by Gasteiger charge is 2.03. The summed E-state index contributed by atoms with van der Waals surface area (Å²) in [5, 5.41) is 0. The number of aryl methyl sites for hydroxylation is 2. The number of nitrogens with zero attached hydrogens (tertiary/aromatic N) is 1. The lowest BCUT2D eigenvalue weighted by Crippen LogP contribution is -2.33. The van der Waals surface area contributed by atoms with Gasteiger partial charge in [-0.05, 0) is 25.3 Å². The van der Waals surface area contributed by atoms with Gasteiger partial charge in [0.2, 0.25) is 0 Å². The molecule has 1 aromatic heterocycles. The zero-order chi connectivity index (χ0) is 23.7. The number of unbranched alkanes of at least 4 members (excludes halogenated alkanes) is 21. The molecule has 33 heavy (non-hydrogen) atoms. The van der Waals surface area contributed by atoms with Crippen molar-refractivity contribution in [3.05, 3.63) is 30.1 Å². The smallest absolute Gasteiger partial charge is 0.171 e. The first-order valence-electron chi connectivity index (χ1n) is 15.3. The summed E-state index contributed by atoms with van der Waals surface area (Å²) in [4.78, 5) is 0. The van der Waals surface area contributed by atoms with Crippen molar-refractivity contribution in [1.29, 1.82) is 0 Å². The summed E-state index contributed by atoms with van der Waals surface area (Å²) in [6, 6.07) is 4.58. The van der Waals surface area contributed by atoms with Crippen LogP contribution in [0.5, 0.6) is 0 Å². The van der Waals surface area contributed by atoms with Crippen molar-refractivity contribution in [3.63, 3.8) is 0 Å². The molecule has 0 saturated heterocycles. The average molecular weight is 459 g/mol. The van der Waals surface area contributed by atoms with E-state index in [0.717, 1.165) is 0 Å². The average Bonchev–Trinajstić information content (AvgIpc) is 2.83. The molecular formula is C32H60N+. The molecule has 0 aromatic carbocycles. The number of hydrogen-bond donors (Lipinski definition) is 0. The van der Waals surface area contributed by atoms with Gasteiger partial charge in [-0.15, -0.1) is 0 Å². The standard InChI is InChI=1S/C32H60N/c1-3-5-7-9-11-13-14-15-16-17-18-19-20-22-24-27-32-28-26-30-33(31-32)29-25-23-21-12-10-8-6-4-2/h26,28,30-31H,3-25,27,29H2,1-2H3/q+1. The van der Waals surface area contributed by atoms with Gasteiger partial charge in [-0.1, -0.05) is 142 Å². The van der Waals surface area contributed by atoms with Crippen LogP contribution in [0.25, 0.3) is 0 Å². The van der Waals surface area contributed by atoms with Crippen LogP contribution in [0.2, 0.25) is 0 Å². The summed E-state index contributed by atoms with van der Waals surface area (Å²) >= 11 is 0. The largest absolute Gasteiger partial charge is 0.205 e. The van der Waals surface area contributed by atoms with E-state index >= 15 is 0 Å². The van der Waals surface area contributed by atoms with Crippen LogP contribution in [0, 0.1) is 0 Å². The first kappa shape index (κ1) is 30.2. The molecule has 0 atom stereocenters. The molecule has 0 radical (unpaired) electrons. The van der Waals surface area contributed by atoms with E-state index in [-0.39, 0.29) is 0 Å². The van der Waals surface area contributed by atoms with Gasteiger partial charge in [0.1, 0.15) is 6.54 Å². The summed E-state index contributed by atoms with van der Waals surface area (Å²) in [5.74, 6) is 0. The number of aromatic nitrogens is 1. The quantitative estimate of drug-likeness (QED) is 0.101. The van der Waals surface area contributed by atoms with E-state index in [1.165, 1.54) is 166 Å². The second-order valence-corrected chi connectivity index (χ2v) is 10.6. The van der Waals surface area contributed by atoms with Crippen LogP contribution >= 0.6 is 0 Å². The molecule has 0 unspecified atom stereocenters. The third-order valence-corrected chi connectivity index (χ3v) is 7.26. The summed E-state index contributed by atoms with van der Waals surface area (Å²) in [6.45, 7) is 5.80. The highest BCUT2D eigenvalue weighted by Crippen LogP contribution is 2.14. The molecule has 0 spiro atoms. The van der Waals surface area contributed by atoms with Gasteiger partial charge < -0.3 is 0 Å². The van der Waals surface area contributed by atoms with Crippen molar-refractivity contribution in [2.75, 3.05) is 0 Å². The third kappa shape index (κ3) is 20.3. The first-order valence-corrected chi connectivity index (χ1v) is 15.3. The van der Waals surface area contributed by atoms with E-state index in [1.54, 1.807) is 0 Å². The number of pyridine rings is 1. The number of rotatable bonds is 25. The molecule has 0 amide bonds. The predicted molar refractivity (Wildman–Crippen MR) is 148 cm³/mol. The molecule has 192 valence electrons. The van der Waals surface area contributed by atoms with Gasteiger partial charge in [0.05, 0.1) is 0 Å². The fourth-order valence-corrected chi connectivity index (χ4v) is 4.99. The Balaban J connectivity index is 1.90. The van der Waals surface area contributed by atoms with Crippen LogP contribution in [-0.2, 0) is 13.0 Å². The lowest BCUT2D eigenvalue weighted by Gasteiger charge is -2.04. The molecule has 0 bridgehead atoms. The van der Waals surface area contributed by atoms with Gasteiger partial charge in [-0.3, -0.25) is 0 Å². The fraction of sp³-hybridized carbons (Fsp3) is 0.844. The van der Waals surface area contributed by atoms with Crippen LogP contribution in [-0.4, -0.2) is 0 Å². The van der Waals surface area contributed by atoms with Crippen LogP contribution in [0.1, 0.15) is 167 Å². The maximum atomic E-state index is 2.43. The second kappa shape index (κ2) is 24.3. The van der Waals surface area contributed by atoms with Crippen molar-refractivity contribution in [1.82, 2.24) is 0 Å². The summed E-state index contributed by atoms with van der Waals surface area (Å²) in [5.41, 5.74) is 1.53. The van der Waals surface area contributed by atoms with Crippen LogP contribution in [0.3, 0.4) is 0 Å². The van der Waals surface area contributed by atoms with E-state index in [0.29, 0.717) is 0 Å². The SMILES string of the molecule is CCCCCCCCCCCCCCCCCc1ccc[n+](CCCCCCCCCC)c1. The molecule has 1 nitrogen and oxygen atoms in total. The number of hydrogen-bond acceptors (Lipinski definition) is 0.